The first kappa shape index (κ1) is 32.2. The lowest BCUT2D eigenvalue weighted by molar-refractivity contribution is -0.156. The standard InChI is InChI=1S/C32H38N4O8/c1-3-42-31(40)32(13-8-16-41-2)19-23-9-7-12-25(17-23)43-21-29(38)33-14-15-36(20-28(37)34-22-32)30(39)27-18-26(35-44-27)24-10-5-4-6-11-24/h4-7,9-12,17-18H,3,8,13-16,19-22H2,1-2H3,(H,33,38)(H,34,37). The number of fused-ring (bicyclic) bond motifs is 2. The molecule has 12 nitrogen and oxygen atoms in total. The van der Waals surface area contributed by atoms with Gasteiger partial charge in [0.2, 0.25) is 11.7 Å². The van der Waals surface area contributed by atoms with Crippen molar-refractivity contribution in [3.05, 3.63) is 72.0 Å². The molecule has 12 heteroatoms. The Kier molecular flexibility index (Phi) is 11.5. The quantitative estimate of drug-likeness (QED) is 0.292. The van der Waals surface area contributed by atoms with Gasteiger partial charge in [0.15, 0.2) is 6.61 Å². The van der Waals surface area contributed by atoms with Gasteiger partial charge in [-0.25, -0.2) is 0 Å². The summed E-state index contributed by atoms with van der Waals surface area (Å²) in [5.74, 6) is -1.51. The maximum atomic E-state index is 13.5. The third-order valence-corrected chi connectivity index (χ3v) is 7.26. The van der Waals surface area contributed by atoms with E-state index < -0.39 is 29.1 Å². The fourth-order valence-electron chi connectivity index (χ4n) is 5.02. The van der Waals surface area contributed by atoms with Gasteiger partial charge in [0, 0.05) is 45.0 Å². The zero-order valence-corrected chi connectivity index (χ0v) is 25.0. The van der Waals surface area contributed by atoms with Crippen molar-refractivity contribution in [1.82, 2.24) is 20.7 Å². The molecular formula is C32H38N4O8. The van der Waals surface area contributed by atoms with E-state index in [4.69, 9.17) is 18.7 Å². The molecule has 0 spiro atoms. The number of methoxy groups -OCH3 is 1. The topological polar surface area (TPSA) is 149 Å². The molecule has 2 N–H and O–H groups in total. The SMILES string of the molecule is CCOC(=O)C1(CCCOC)CNC(=O)CN(C(=O)c2cc(-c3ccccc3)no2)CCNC(=O)COc2cccc(c2)C1. The molecule has 3 aromatic rings. The number of benzene rings is 2. The van der Waals surface area contributed by atoms with Crippen LogP contribution in [0.1, 0.15) is 35.9 Å². The monoisotopic (exact) mass is 606 g/mol. The average molecular weight is 607 g/mol. The molecule has 0 saturated carbocycles. The Morgan fingerprint density at radius 3 is 2.64 bits per heavy atom. The van der Waals surface area contributed by atoms with Crippen LogP contribution < -0.4 is 15.4 Å². The van der Waals surface area contributed by atoms with E-state index in [0.29, 0.717) is 30.9 Å². The highest BCUT2D eigenvalue weighted by atomic mass is 16.5. The number of carbonyl (C=O) groups excluding carboxylic acids is 4. The van der Waals surface area contributed by atoms with Crippen molar-refractivity contribution >= 4 is 23.7 Å². The van der Waals surface area contributed by atoms with Gasteiger partial charge < -0.3 is 34.3 Å². The lowest BCUT2D eigenvalue weighted by Crippen LogP contribution is -2.49. The van der Waals surface area contributed by atoms with Gasteiger partial charge in [0.1, 0.15) is 18.0 Å². The number of nitrogens with one attached hydrogen (secondary N) is 2. The van der Waals surface area contributed by atoms with Crippen LogP contribution in [0.2, 0.25) is 0 Å². The average Bonchev–Trinajstić information content (AvgIpc) is 3.53. The van der Waals surface area contributed by atoms with Crippen molar-refractivity contribution in [3.8, 4) is 17.0 Å². The summed E-state index contributed by atoms with van der Waals surface area (Å²) in [7, 11) is 1.58. The number of rotatable bonds is 8. The Bertz CT molecular complexity index is 1430. The number of ether oxygens (including phenoxy) is 3. The van der Waals surface area contributed by atoms with Crippen LogP contribution in [0.3, 0.4) is 0 Å². The second kappa shape index (κ2) is 15.7. The summed E-state index contributed by atoms with van der Waals surface area (Å²) in [5, 5.41) is 9.59. The van der Waals surface area contributed by atoms with Crippen LogP contribution in [-0.4, -0.2) is 86.9 Å². The largest absolute Gasteiger partial charge is 0.484 e. The van der Waals surface area contributed by atoms with Gasteiger partial charge >= 0.3 is 5.97 Å². The van der Waals surface area contributed by atoms with Crippen LogP contribution >= 0.6 is 0 Å². The lowest BCUT2D eigenvalue weighted by Gasteiger charge is -2.32. The van der Waals surface area contributed by atoms with Gasteiger partial charge in [0.25, 0.3) is 11.8 Å². The summed E-state index contributed by atoms with van der Waals surface area (Å²) >= 11 is 0. The van der Waals surface area contributed by atoms with E-state index in [9.17, 15) is 19.2 Å². The lowest BCUT2D eigenvalue weighted by atomic mass is 9.77. The molecule has 0 fully saturated rings. The van der Waals surface area contributed by atoms with Gasteiger partial charge in [0.05, 0.1) is 12.0 Å². The van der Waals surface area contributed by atoms with Crippen molar-refractivity contribution in [2.75, 3.05) is 53.1 Å². The van der Waals surface area contributed by atoms with Crippen LogP contribution in [0, 0.1) is 5.41 Å². The van der Waals surface area contributed by atoms with Gasteiger partial charge in [-0.05, 0) is 43.9 Å². The third-order valence-electron chi connectivity index (χ3n) is 7.26. The molecule has 1 aliphatic rings. The summed E-state index contributed by atoms with van der Waals surface area (Å²) in [5.41, 5.74) is 0.881. The van der Waals surface area contributed by atoms with Crippen molar-refractivity contribution in [1.29, 1.82) is 0 Å². The number of nitrogens with zero attached hydrogens (tertiary/aromatic N) is 2. The molecule has 0 aliphatic carbocycles. The number of hydrogen-bond donors (Lipinski definition) is 2. The Labute approximate surface area is 256 Å². The van der Waals surface area contributed by atoms with E-state index in [1.165, 1.54) is 11.0 Å². The number of aromatic nitrogens is 1. The van der Waals surface area contributed by atoms with E-state index in [2.05, 4.69) is 15.8 Å². The second-order valence-corrected chi connectivity index (χ2v) is 10.5. The van der Waals surface area contributed by atoms with Crippen LogP contribution in [0.25, 0.3) is 11.3 Å². The number of carbonyl (C=O) groups is 4. The summed E-state index contributed by atoms with van der Waals surface area (Å²) in [4.78, 5) is 54.1. The predicted molar refractivity (Wildman–Crippen MR) is 160 cm³/mol. The van der Waals surface area contributed by atoms with E-state index in [-0.39, 0.29) is 51.6 Å². The first-order valence-corrected chi connectivity index (χ1v) is 14.6. The van der Waals surface area contributed by atoms with Gasteiger partial charge in [-0.2, -0.15) is 0 Å². The second-order valence-electron chi connectivity index (χ2n) is 10.5. The molecule has 2 heterocycles. The fourth-order valence-corrected chi connectivity index (χ4v) is 5.02. The maximum absolute atomic E-state index is 13.5. The number of esters is 1. The fraction of sp³-hybridized carbons (Fsp3) is 0.406. The molecule has 2 bridgehead atoms. The molecule has 4 rings (SSSR count). The van der Waals surface area contributed by atoms with Crippen molar-refractivity contribution in [2.24, 2.45) is 5.41 Å². The van der Waals surface area contributed by atoms with Crippen LogP contribution in [0.15, 0.2) is 65.2 Å². The number of amides is 3. The molecule has 234 valence electrons. The molecule has 0 saturated heterocycles. The zero-order chi connectivity index (χ0) is 31.4. The van der Waals surface area contributed by atoms with E-state index in [1.807, 2.05) is 36.4 Å². The normalized spacial score (nSPS) is 18.1. The summed E-state index contributed by atoms with van der Waals surface area (Å²) in [6.07, 6.45) is 1.15. The van der Waals surface area contributed by atoms with Crippen molar-refractivity contribution < 1.29 is 37.9 Å². The summed E-state index contributed by atoms with van der Waals surface area (Å²) in [6, 6.07) is 17.9. The first-order valence-electron chi connectivity index (χ1n) is 14.6. The van der Waals surface area contributed by atoms with E-state index in [0.717, 1.165) is 11.1 Å². The molecule has 1 aliphatic heterocycles. The van der Waals surface area contributed by atoms with Crippen LogP contribution in [0.4, 0.5) is 0 Å². The summed E-state index contributed by atoms with van der Waals surface area (Å²) in [6.45, 7) is 1.75. The summed E-state index contributed by atoms with van der Waals surface area (Å²) < 4.78 is 21.8. The first-order chi connectivity index (χ1) is 21.3. The Morgan fingerprint density at radius 2 is 1.86 bits per heavy atom. The third kappa shape index (κ3) is 8.66. The Hall–Kier alpha value is -4.71. The Balaban J connectivity index is 1.61. The molecule has 1 aromatic heterocycles. The van der Waals surface area contributed by atoms with Gasteiger partial charge in [-0.3, -0.25) is 19.2 Å². The molecule has 3 amide bonds. The maximum Gasteiger partial charge on any atom is 0.314 e. The highest BCUT2D eigenvalue weighted by Gasteiger charge is 2.40. The van der Waals surface area contributed by atoms with Crippen molar-refractivity contribution in [3.63, 3.8) is 0 Å². The minimum absolute atomic E-state index is 0.00566. The zero-order valence-electron chi connectivity index (χ0n) is 25.0. The van der Waals surface area contributed by atoms with Crippen molar-refractivity contribution in [2.45, 2.75) is 26.2 Å². The van der Waals surface area contributed by atoms with E-state index >= 15 is 0 Å². The smallest absolute Gasteiger partial charge is 0.314 e. The van der Waals surface area contributed by atoms with Gasteiger partial charge in [-0.15, -0.1) is 0 Å². The predicted octanol–water partition coefficient (Wildman–Crippen LogP) is 2.63. The molecule has 1 atom stereocenters. The Morgan fingerprint density at radius 1 is 1.05 bits per heavy atom. The van der Waals surface area contributed by atoms with Crippen LogP contribution in [-0.2, 0) is 30.3 Å². The van der Waals surface area contributed by atoms with Gasteiger partial charge in [-0.1, -0.05) is 47.6 Å². The minimum Gasteiger partial charge on any atom is -0.484 e. The highest BCUT2D eigenvalue weighted by Crippen LogP contribution is 2.32. The van der Waals surface area contributed by atoms with Crippen LogP contribution in [0.5, 0.6) is 5.75 Å². The molecule has 1 unspecified atom stereocenters. The minimum atomic E-state index is -1.12. The number of hydrogen-bond acceptors (Lipinski definition) is 9. The highest BCUT2D eigenvalue weighted by molar-refractivity contribution is 5.95. The molecule has 44 heavy (non-hydrogen) atoms. The molecule has 0 radical (unpaired) electrons. The molecule has 2 aromatic carbocycles. The molecular weight excluding hydrogens is 568 g/mol. The van der Waals surface area contributed by atoms with E-state index in [1.54, 1.807) is 32.2 Å².